The Morgan fingerprint density at radius 2 is 1.81 bits per heavy atom. The molecule has 1 aromatic rings. The maximum atomic E-state index is 12.2. The fraction of sp³-hybridized carbons (Fsp3) is 0.500. The largest absolute Gasteiger partial charge is 0.481 e. The first-order valence-electron chi connectivity index (χ1n) is 6.97. The summed E-state index contributed by atoms with van der Waals surface area (Å²) in [5.41, 5.74) is 0.777. The number of carboxylic acid groups (broad SMARTS) is 1. The van der Waals surface area contributed by atoms with Crippen molar-refractivity contribution < 1.29 is 14.7 Å². The molecule has 0 aliphatic heterocycles. The van der Waals surface area contributed by atoms with E-state index in [1.54, 1.807) is 11.9 Å². The van der Waals surface area contributed by atoms with Gasteiger partial charge in [0.05, 0.1) is 12.5 Å². The second kappa shape index (κ2) is 7.11. The summed E-state index contributed by atoms with van der Waals surface area (Å²) in [7, 11) is 1.71. The molecule has 0 saturated carbocycles. The number of hydrogen-bond donors (Lipinski definition) is 2. The number of aliphatic carboxylic acids is 1. The lowest BCUT2D eigenvalue weighted by Gasteiger charge is -2.28. The lowest BCUT2D eigenvalue weighted by atomic mass is 9.96. The molecule has 116 valence electrons. The highest BCUT2D eigenvalue weighted by Crippen LogP contribution is 2.18. The number of carbonyl (C=O) groups excluding carboxylic acids is 1. The van der Waals surface area contributed by atoms with Gasteiger partial charge in [-0.25, -0.2) is 4.79 Å². The maximum Gasteiger partial charge on any atom is 0.317 e. The summed E-state index contributed by atoms with van der Waals surface area (Å²) in [6.45, 7) is 6.72. The number of hydrogen-bond acceptors (Lipinski definition) is 2. The molecule has 5 heteroatoms. The van der Waals surface area contributed by atoms with Gasteiger partial charge in [0.25, 0.3) is 0 Å². The van der Waals surface area contributed by atoms with Gasteiger partial charge in [-0.05, 0) is 11.0 Å². The molecular weight excluding hydrogens is 268 g/mol. The van der Waals surface area contributed by atoms with Gasteiger partial charge in [0, 0.05) is 13.6 Å². The highest BCUT2D eigenvalue weighted by atomic mass is 16.4. The first-order valence-corrected chi connectivity index (χ1v) is 6.97. The molecule has 0 aliphatic carbocycles. The second-order valence-electron chi connectivity index (χ2n) is 6.43. The Bertz CT molecular complexity index is 480. The van der Waals surface area contributed by atoms with Crippen LogP contribution in [-0.4, -0.2) is 35.6 Å². The molecule has 1 aromatic carbocycles. The fourth-order valence-electron chi connectivity index (χ4n) is 2.15. The van der Waals surface area contributed by atoms with Gasteiger partial charge in [-0.1, -0.05) is 51.1 Å². The number of amides is 2. The first-order chi connectivity index (χ1) is 9.69. The Labute approximate surface area is 126 Å². The molecule has 0 aromatic heterocycles. The van der Waals surface area contributed by atoms with Crippen LogP contribution in [0.3, 0.4) is 0 Å². The van der Waals surface area contributed by atoms with Gasteiger partial charge in [-0.3, -0.25) is 4.79 Å². The van der Waals surface area contributed by atoms with E-state index in [2.05, 4.69) is 5.32 Å². The van der Waals surface area contributed by atoms with E-state index < -0.39 is 12.0 Å². The topological polar surface area (TPSA) is 69.6 Å². The predicted octanol–water partition coefficient (Wildman–Crippen LogP) is 2.89. The summed E-state index contributed by atoms with van der Waals surface area (Å²) in [5, 5.41) is 11.8. The van der Waals surface area contributed by atoms with E-state index in [1.807, 2.05) is 51.1 Å². The van der Waals surface area contributed by atoms with Crippen LogP contribution in [0, 0.1) is 5.41 Å². The molecule has 2 N–H and O–H groups in total. The number of nitrogens with zero attached hydrogens (tertiary/aromatic N) is 1. The Morgan fingerprint density at radius 3 is 2.29 bits per heavy atom. The van der Waals surface area contributed by atoms with Crippen LogP contribution < -0.4 is 5.32 Å². The molecule has 2 amide bonds. The lowest BCUT2D eigenvalue weighted by Crippen LogP contribution is -2.43. The minimum Gasteiger partial charge on any atom is -0.481 e. The minimum absolute atomic E-state index is 0.0128. The van der Waals surface area contributed by atoms with E-state index in [1.165, 1.54) is 0 Å². The van der Waals surface area contributed by atoms with Crippen molar-refractivity contribution >= 4 is 12.0 Å². The minimum atomic E-state index is -0.942. The molecule has 0 fully saturated rings. The van der Waals surface area contributed by atoms with E-state index >= 15 is 0 Å². The number of rotatable bonds is 5. The molecular formula is C16H24N2O3. The van der Waals surface area contributed by atoms with Gasteiger partial charge in [-0.15, -0.1) is 0 Å². The number of urea groups is 1. The molecule has 1 unspecified atom stereocenters. The van der Waals surface area contributed by atoms with Crippen LogP contribution in [0.4, 0.5) is 4.79 Å². The third-order valence-corrected chi connectivity index (χ3v) is 2.94. The van der Waals surface area contributed by atoms with Crippen LogP contribution in [0.1, 0.15) is 38.8 Å². The van der Waals surface area contributed by atoms with Crippen molar-refractivity contribution in [1.29, 1.82) is 0 Å². The van der Waals surface area contributed by atoms with Crippen molar-refractivity contribution in [2.75, 3.05) is 13.6 Å². The molecule has 0 saturated heterocycles. The number of nitrogens with one attached hydrogen (secondary N) is 1. The standard InChI is InChI=1S/C16H24N2O3/c1-16(2,3)11-18(4)15(21)17-13(10-14(19)20)12-8-6-5-7-9-12/h5-9,13H,10-11H2,1-4H3,(H,17,21)(H,19,20). The zero-order valence-corrected chi connectivity index (χ0v) is 13.1. The molecule has 0 aliphatic rings. The Hall–Kier alpha value is -2.04. The van der Waals surface area contributed by atoms with Crippen LogP contribution in [0.25, 0.3) is 0 Å². The summed E-state index contributed by atoms with van der Waals surface area (Å²) in [6.07, 6.45) is -0.140. The van der Waals surface area contributed by atoms with Crippen LogP contribution in [0.2, 0.25) is 0 Å². The monoisotopic (exact) mass is 292 g/mol. The molecule has 5 nitrogen and oxygen atoms in total. The average Bonchev–Trinajstić information content (AvgIpc) is 2.36. The summed E-state index contributed by atoms with van der Waals surface area (Å²) in [6, 6.07) is 8.35. The van der Waals surface area contributed by atoms with Gasteiger partial charge in [0.2, 0.25) is 0 Å². The summed E-state index contributed by atoms with van der Waals surface area (Å²) in [4.78, 5) is 24.8. The van der Waals surface area contributed by atoms with Crippen molar-refractivity contribution in [2.24, 2.45) is 5.41 Å². The summed E-state index contributed by atoms with van der Waals surface area (Å²) < 4.78 is 0. The molecule has 0 heterocycles. The van der Waals surface area contributed by atoms with E-state index in [0.717, 1.165) is 5.56 Å². The van der Waals surface area contributed by atoms with Crippen molar-refractivity contribution in [2.45, 2.75) is 33.2 Å². The van der Waals surface area contributed by atoms with E-state index in [0.29, 0.717) is 6.54 Å². The second-order valence-corrected chi connectivity index (χ2v) is 6.43. The number of carboxylic acids is 1. The van der Waals surface area contributed by atoms with E-state index in [9.17, 15) is 9.59 Å². The quantitative estimate of drug-likeness (QED) is 0.876. The van der Waals surface area contributed by atoms with Gasteiger partial charge >= 0.3 is 12.0 Å². The zero-order valence-electron chi connectivity index (χ0n) is 13.1. The molecule has 0 spiro atoms. The van der Waals surface area contributed by atoms with Crippen molar-refractivity contribution in [1.82, 2.24) is 10.2 Å². The third-order valence-electron chi connectivity index (χ3n) is 2.94. The molecule has 0 radical (unpaired) electrons. The highest BCUT2D eigenvalue weighted by molar-refractivity contribution is 5.76. The SMILES string of the molecule is CN(CC(C)(C)C)C(=O)NC(CC(=O)O)c1ccccc1. The van der Waals surface area contributed by atoms with E-state index in [4.69, 9.17) is 5.11 Å². The van der Waals surface area contributed by atoms with Gasteiger partial charge in [-0.2, -0.15) is 0 Å². The smallest absolute Gasteiger partial charge is 0.317 e. The highest BCUT2D eigenvalue weighted by Gasteiger charge is 2.22. The van der Waals surface area contributed by atoms with E-state index in [-0.39, 0.29) is 17.9 Å². The normalized spacial score (nSPS) is 12.6. The molecule has 1 rings (SSSR count). The summed E-state index contributed by atoms with van der Waals surface area (Å²) >= 11 is 0. The molecule has 0 bridgehead atoms. The molecule has 21 heavy (non-hydrogen) atoms. The van der Waals surface area contributed by atoms with Crippen LogP contribution >= 0.6 is 0 Å². The van der Waals surface area contributed by atoms with Crippen LogP contribution in [0.15, 0.2) is 30.3 Å². The fourth-order valence-corrected chi connectivity index (χ4v) is 2.15. The summed E-state index contributed by atoms with van der Waals surface area (Å²) in [5.74, 6) is -0.942. The first kappa shape index (κ1) is 17.0. The number of benzene rings is 1. The Morgan fingerprint density at radius 1 is 1.24 bits per heavy atom. The maximum absolute atomic E-state index is 12.2. The van der Waals surface area contributed by atoms with Crippen molar-refractivity contribution in [3.63, 3.8) is 0 Å². The molecule has 1 atom stereocenters. The Balaban J connectivity index is 2.77. The van der Waals surface area contributed by atoms with Crippen LogP contribution in [0.5, 0.6) is 0 Å². The average molecular weight is 292 g/mol. The van der Waals surface area contributed by atoms with Gasteiger partial charge in [0.1, 0.15) is 0 Å². The van der Waals surface area contributed by atoms with Crippen LogP contribution in [-0.2, 0) is 4.79 Å². The third kappa shape index (κ3) is 6.29. The zero-order chi connectivity index (χ0) is 16.0. The van der Waals surface area contributed by atoms with Gasteiger partial charge in [0.15, 0.2) is 0 Å². The van der Waals surface area contributed by atoms with Gasteiger partial charge < -0.3 is 15.3 Å². The lowest BCUT2D eigenvalue weighted by molar-refractivity contribution is -0.137. The van der Waals surface area contributed by atoms with Crippen molar-refractivity contribution in [3.05, 3.63) is 35.9 Å². The number of carbonyl (C=O) groups is 2. The Kier molecular flexibility index (Phi) is 5.76. The predicted molar refractivity (Wildman–Crippen MR) is 82.1 cm³/mol. The van der Waals surface area contributed by atoms with Crippen molar-refractivity contribution in [3.8, 4) is 0 Å².